The number of aliphatic hydroxyl groups excluding tert-OH is 1. The van der Waals surface area contributed by atoms with E-state index in [0.717, 1.165) is 43.1 Å². The van der Waals surface area contributed by atoms with Crippen molar-refractivity contribution in [2.45, 2.75) is 33.3 Å². The molecule has 0 aliphatic heterocycles. The third-order valence-electron chi connectivity index (χ3n) is 3.00. The van der Waals surface area contributed by atoms with Gasteiger partial charge in [-0.2, -0.15) is 0 Å². The van der Waals surface area contributed by atoms with Crippen LogP contribution in [0.2, 0.25) is 0 Å². The highest BCUT2D eigenvalue weighted by Crippen LogP contribution is 2.19. The number of aliphatic hydroxyl groups is 1. The van der Waals surface area contributed by atoms with Crippen LogP contribution in [0.3, 0.4) is 0 Å². The maximum atomic E-state index is 9.85. The molecule has 1 aromatic rings. The molecule has 2 N–H and O–H groups in total. The highest BCUT2D eigenvalue weighted by Gasteiger charge is 2.06. The average Bonchev–Trinajstić information content (AvgIpc) is 2.43. The Morgan fingerprint density at radius 2 is 2.10 bits per heavy atom. The van der Waals surface area contributed by atoms with Crippen LogP contribution in [0.4, 0.5) is 0 Å². The molecule has 0 aromatic heterocycles. The highest BCUT2D eigenvalue weighted by atomic mass is 16.5. The van der Waals surface area contributed by atoms with Crippen LogP contribution in [0.5, 0.6) is 5.75 Å². The van der Waals surface area contributed by atoms with Gasteiger partial charge in [0.1, 0.15) is 18.5 Å². The molecule has 0 spiro atoms. The lowest BCUT2D eigenvalue weighted by atomic mass is 10.1. The molecular weight excluding hydrogens is 254 g/mol. The van der Waals surface area contributed by atoms with Gasteiger partial charge < -0.3 is 19.9 Å². The molecule has 0 radical (unpaired) electrons. The highest BCUT2D eigenvalue weighted by molar-refractivity contribution is 5.35. The fraction of sp³-hybridized carbons (Fsp3) is 0.625. The monoisotopic (exact) mass is 281 g/mol. The molecular formula is C16H27NO3. The van der Waals surface area contributed by atoms with Crippen LogP contribution in [0.25, 0.3) is 0 Å². The number of hydrogen-bond acceptors (Lipinski definition) is 4. The Balaban J connectivity index is 2.16. The largest absolute Gasteiger partial charge is 0.491 e. The summed E-state index contributed by atoms with van der Waals surface area (Å²) in [4.78, 5) is 0. The molecule has 4 nitrogen and oxygen atoms in total. The topological polar surface area (TPSA) is 50.7 Å². The molecule has 1 atom stereocenters. The van der Waals surface area contributed by atoms with Crippen LogP contribution in [0.1, 0.15) is 24.5 Å². The van der Waals surface area contributed by atoms with Gasteiger partial charge in [-0.15, -0.1) is 0 Å². The van der Waals surface area contributed by atoms with Gasteiger partial charge in [0.15, 0.2) is 0 Å². The molecule has 0 fully saturated rings. The van der Waals surface area contributed by atoms with E-state index in [4.69, 9.17) is 9.47 Å². The Morgan fingerprint density at radius 1 is 1.30 bits per heavy atom. The molecule has 1 aromatic carbocycles. The maximum Gasteiger partial charge on any atom is 0.122 e. The van der Waals surface area contributed by atoms with E-state index in [9.17, 15) is 5.11 Å². The van der Waals surface area contributed by atoms with Crippen LogP contribution < -0.4 is 10.1 Å². The second kappa shape index (κ2) is 9.75. The zero-order valence-corrected chi connectivity index (χ0v) is 12.8. The Bertz CT molecular complexity index is 382. The molecule has 1 rings (SSSR count). The van der Waals surface area contributed by atoms with Gasteiger partial charge in [-0.3, -0.25) is 0 Å². The van der Waals surface area contributed by atoms with Crippen molar-refractivity contribution >= 4 is 0 Å². The quantitative estimate of drug-likeness (QED) is 0.645. The number of hydrogen-bond donors (Lipinski definition) is 2. The van der Waals surface area contributed by atoms with Crippen LogP contribution in [-0.4, -0.2) is 44.1 Å². The van der Waals surface area contributed by atoms with Crippen LogP contribution >= 0.6 is 0 Å². The van der Waals surface area contributed by atoms with Gasteiger partial charge in [0.2, 0.25) is 0 Å². The van der Waals surface area contributed by atoms with Gasteiger partial charge in [-0.25, -0.2) is 0 Å². The molecule has 4 heteroatoms. The molecule has 0 aliphatic rings. The molecule has 0 amide bonds. The summed E-state index contributed by atoms with van der Waals surface area (Å²) in [5.74, 6) is 0.848. The summed E-state index contributed by atoms with van der Waals surface area (Å²) in [6.07, 6.45) is 0.459. The SMILES string of the molecule is CCOCCCNCC(O)COc1cc(C)ccc1C. The lowest BCUT2D eigenvalue weighted by Crippen LogP contribution is -2.32. The predicted molar refractivity (Wildman–Crippen MR) is 81.4 cm³/mol. The van der Waals surface area contributed by atoms with Gasteiger partial charge >= 0.3 is 0 Å². The minimum absolute atomic E-state index is 0.308. The first-order valence-corrected chi connectivity index (χ1v) is 7.30. The molecule has 0 saturated carbocycles. The van der Waals surface area contributed by atoms with E-state index >= 15 is 0 Å². The summed E-state index contributed by atoms with van der Waals surface area (Å²) in [5, 5.41) is 13.1. The van der Waals surface area contributed by atoms with Crippen molar-refractivity contribution in [3.8, 4) is 5.75 Å². The predicted octanol–water partition coefficient (Wildman–Crippen LogP) is 2.06. The minimum atomic E-state index is -0.498. The van der Waals surface area contributed by atoms with E-state index in [2.05, 4.69) is 11.4 Å². The smallest absolute Gasteiger partial charge is 0.122 e. The van der Waals surface area contributed by atoms with Gasteiger partial charge in [-0.05, 0) is 50.9 Å². The lowest BCUT2D eigenvalue weighted by Gasteiger charge is -2.15. The number of aryl methyl sites for hydroxylation is 2. The van der Waals surface area contributed by atoms with Crippen molar-refractivity contribution in [1.82, 2.24) is 5.32 Å². The van der Waals surface area contributed by atoms with E-state index in [-0.39, 0.29) is 0 Å². The fourth-order valence-electron chi connectivity index (χ4n) is 1.82. The van der Waals surface area contributed by atoms with Gasteiger partial charge in [0.25, 0.3) is 0 Å². The molecule has 20 heavy (non-hydrogen) atoms. The number of benzene rings is 1. The maximum absolute atomic E-state index is 9.85. The van der Waals surface area contributed by atoms with Crippen LogP contribution in [0.15, 0.2) is 18.2 Å². The number of nitrogens with one attached hydrogen (secondary N) is 1. The summed E-state index contributed by atoms with van der Waals surface area (Å²) in [6.45, 7) is 9.24. The third-order valence-corrected chi connectivity index (χ3v) is 3.00. The van der Waals surface area contributed by atoms with E-state index < -0.39 is 6.10 Å². The molecule has 0 bridgehead atoms. The van der Waals surface area contributed by atoms with E-state index in [0.29, 0.717) is 13.2 Å². The molecule has 0 saturated heterocycles. The van der Waals surface area contributed by atoms with Crippen LogP contribution in [0, 0.1) is 13.8 Å². The van der Waals surface area contributed by atoms with Crippen molar-refractivity contribution in [1.29, 1.82) is 0 Å². The molecule has 1 unspecified atom stereocenters. The molecule has 0 heterocycles. The summed E-state index contributed by atoms with van der Waals surface area (Å²) in [5.41, 5.74) is 2.25. The normalized spacial score (nSPS) is 12.4. The third kappa shape index (κ3) is 6.89. The zero-order valence-electron chi connectivity index (χ0n) is 12.8. The first kappa shape index (κ1) is 17.0. The van der Waals surface area contributed by atoms with Gasteiger partial charge in [-0.1, -0.05) is 12.1 Å². The minimum Gasteiger partial charge on any atom is -0.491 e. The zero-order chi connectivity index (χ0) is 14.8. The Kier molecular flexibility index (Phi) is 8.26. The molecule has 114 valence electrons. The van der Waals surface area contributed by atoms with Crippen molar-refractivity contribution in [3.05, 3.63) is 29.3 Å². The summed E-state index contributed by atoms with van der Waals surface area (Å²) in [6, 6.07) is 6.08. The summed E-state index contributed by atoms with van der Waals surface area (Å²) >= 11 is 0. The number of rotatable bonds is 10. The summed E-state index contributed by atoms with van der Waals surface area (Å²) < 4.78 is 10.9. The van der Waals surface area contributed by atoms with E-state index in [1.807, 2.05) is 32.9 Å². The van der Waals surface area contributed by atoms with Crippen molar-refractivity contribution in [2.24, 2.45) is 0 Å². The fourth-order valence-corrected chi connectivity index (χ4v) is 1.82. The van der Waals surface area contributed by atoms with E-state index in [1.165, 1.54) is 0 Å². The van der Waals surface area contributed by atoms with Crippen LogP contribution in [-0.2, 0) is 4.74 Å². The summed E-state index contributed by atoms with van der Waals surface area (Å²) in [7, 11) is 0. The van der Waals surface area contributed by atoms with E-state index in [1.54, 1.807) is 0 Å². The van der Waals surface area contributed by atoms with Gasteiger partial charge in [0.05, 0.1) is 0 Å². The van der Waals surface area contributed by atoms with Crippen molar-refractivity contribution < 1.29 is 14.6 Å². The first-order valence-electron chi connectivity index (χ1n) is 7.30. The molecule has 0 aliphatic carbocycles. The second-order valence-electron chi connectivity index (χ2n) is 4.99. The Morgan fingerprint density at radius 3 is 2.85 bits per heavy atom. The average molecular weight is 281 g/mol. The van der Waals surface area contributed by atoms with Gasteiger partial charge in [0, 0.05) is 19.8 Å². The van der Waals surface area contributed by atoms with Crippen molar-refractivity contribution in [2.75, 3.05) is 32.9 Å². The first-order chi connectivity index (χ1) is 9.63. The number of ether oxygens (including phenoxy) is 2. The van der Waals surface area contributed by atoms with Crippen molar-refractivity contribution in [3.63, 3.8) is 0 Å². The lowest BCUT2D eigenvalue weighted by molar-refractivity contribution is 0.104. The standard InChI is InChI=1S/C16H27NO3/c1-4-19-9-5-8-17-11-15(18)12-20-16-10-13(2)6-7-14(16)3/h6-7,10,15,17-18H,4-5,8-9,11-12H2,1-3H3. The second-order valence-corrected chi connectivity index (χ2v) is 4.99. The Labute approximate surface area is 122 Å². The Hall–Kier alpha value is -1.10.